The summed E-state index contributed by atoms with van der Waals surface area (Å²) < 4.78 is 5.33. The second-order valence-electron chi connectivity index (χ2n) is 6.41. The number of carbonyl (C=O) groups excluding carboxylic acids is 1. The Balaban J connectivity index is 1.36. The van der Waals surface area contributed by atoms with E-state index in [2.05, 4.69) is 25.7 Å². The Morgan fingerprint density at radius 1 is 0.903 bits per heavy atom. The van der Waals surface area contributed by atoms with E-state index >= 15 is 0 Å². The van der Waals surface area contributed by atoms with Gasteiger partial charge in [0.25, 0.3) is 5.56 Å². The number of nitrogens with zero attached hydrogens (tertiary/aromatic N) is 3. The molecule has 2 N–H and O–H groups in total. The Hall–Kier alpha value is -4.59. The third-order valence-electron chi connectivity index (χ3n) is 4.23. The van der Waals surface area contributed by atoms with Crippen LogP contribution in [0.15, 0.2) is 94.8 Å². The average Bonchev–Trinajstić information content (AvgIpc) is 2.81. The molecule has 0 radical (unpaired) electrons. The highest BCUT2D eigenvalue weighted by atomic mass is 16.5. The number of nitrogens with one attached hydrogen (secondary N) is 2. The van der Waals surface area contributed by atoms with Gasteiger partial charge in [0.15, 0.2) is 5.69 Å². The van der Waals surface area contributed by atoms with Crippen LogP contribution in [0.1, 0.15) is 15.9 Å². The maximum atomic E-state index is 12.2. The van der Waals surface area contributed by atoms with Crippen molar-refractivity contribution in [2.24, 2.45) is 5.10 Å². The Morgan fingerprint density at radius 3 is 2.26 bits per heavy atom. The Labute approximate surface area is 177 Å². The van der Waals surface area contributed by atoms with Gasteiger partial charge in [0, 0.05) is 5.56 Å². The average molecular weight is 411 g/mol. The molecule has 0 unspecified atom stereocenters. The largest absolute Gasteiger partial charge is 0.423 e. The van der Waals surface area contributed by atoms with E-state index in [1.54, 1.807) is 60.7 Å². The third-order valence-corrected chi connectivity index (χ3v) is 4.23. The molecule has 0 amide bonds. The lowest BCUT2D eigenvalue weighted by Gasteiger charge is -2.04. The molecule has 0 aliphatic rings. The molecule has 0 spiro atoms. The van der Waals surface area contributed by atoms with Crippen molar-refractivity contribution in [3.8, 4) is 17.0 Å². The Morgan fingerprint density at radius 2 is 1.58 bits per heavy atom. The first-order valence-corrected chi connectivity index (χ1v) is 9.38. The zero-order valence-corrected chi connectivity index (χ0v) is 16.2. The normalized spacial score (nSPS) is 10.7. The summed E-state index contributed by atoms with van der Waals surface area (Å²) >= 11 is 0. The van der Waals surface area contributed by atoms with Gasteiger partial charge in [-0.2, -0.15) is 5.10 Å². The SMILES string of the molecule is O=C(Oc1ccc(/C=N/Nc2nnc(-c3ccccc3)c(=O)[nH]2)cc1)c1ccccc1. The number of H-pyrrole nitrogens is 1. The monoisotopic (exact) mass is 411 g/mol. The van der Waals surface area contributed by atoms with Crippen LogP contribution in [0.5, 0.6) is 5.75 Å². The number of hydrogen-bond acceptors (Lipinski definition) is 7. The smallest absolute Gasteiger partial charge is 0.343 e. The minimum Gasteiger partial charge on any atom is -0.423 e. The van der Waals surface area contributed by atoms with Crippen LogP contribution >= 0.6 is 0 Å². The number of hydrazone groups is 1. The number of aromatic nitrogens is 3. The molecule has 4 aromatic rings. The molecule has 8 nitrogen and oxygen atoms in total. The summed E-state index contributed by atoms with van der Waals surface area (Å²) in [6.45, 7) is 0. The Bertz CT molecular complexity index is 1250. The van der Waals surface area contributed by atoms with E-state index in [1.165, 1.54) is 6.21 Å². The summed E-state index contributed by atoms with van der Waals surface area (Å²) in [7, 11) is 0. The number of esters is 1. The second-order valence-corrected chi connectivity index (χ2v) is 6.41. The molecule has 1 aromatic heterocycles. The minimum absolute atomic E-state index is 0.120. The van der Waals surface area contributed by atoms with Gasteiger partial charge in [-0.3, -0.25) is 9.78 Å². The maximum absolute atomic E-state index is 12.2. The van der Waals surface area contributed by atoms with Crippen molar-refractivity contribution in [1.29, 1.82) is 0 Å². The van der Waals surface area contributed by atoms with Crippen molar-refractivity contribution in [1.82, 2.24) is 15.2 Å². The van der Waals surface area contributed by atoms with E-state index in [1.807, 2.05) is 24.3 Å². The number of rotatable bonds is 6. The predicted molar refractivity (Wildman–Crippen MR) is 117 cm³/mol. The van der Waals surface area contributed by atoms with E-state index in [4.69, 9.17) is 4.74 Å². The van der Waals surface area contributed by atoms with Crippen LogP contribution < -0.4 is 15.7 Å². The number of ether oxygens (including phenoxy) is 1. The number of aromatic amines is 1. The summed E-state index contributed by atoms with van der Waals surface area (Å²) in [6, 6.07) is 24.6. The minimum atomic E-state index is -0.426. The highest BCUT2D eigenvalue weighted by Gasteiger charge is 2.08. The van der Waals surface area contributed by atoms with Gasteiger partial charge in [-0.15, -0.1) is 10.2 Å². The molecule has 4 rings (SSSR count). The summed E-state index contributed by atoms with van der Waals surface area (Å²) in [5.74, 6) is 0.116. The summed E-state index contributed by atoms with van der Waals surface area (Å²) in [4.78, 5) is 26.9. The van der Waals surface area contributed by atoms with Crippen LogP contribution in [0.2, 0.25) is 0 Å². The lowest BCUT2D eigenvalue weighted by atomic mass is 10.2. The molecule has 8 heteroatoms. The zero-order chi connectivity index (χ0) is 21.5. The molecule has 0 fully saturated rings. The molecule has 0 saturated carbocycles. The fourth-order valence-corrected chi connectivity index (χ4v) is 2.70. The van der Waals surface area contributed by atoms with Gasteiger partial charge in [0.1, 0.15) is 5.75 Å². The van der Waals surface area contributed by atoms with Crippen molar-refractivity contribution >= 4 is 18.1 Å². The summed E-state index contributed by atoms with van der Waals surface area (Å²) in [5, 5.41) is 11.9. The molecule has 0 saturated heterocycles. The fraction of sp³-hybridized carbons (Fsp3) is 0. The third kappa shape index (κ3) is 5.07. The molecule has 3 aromatic carbocycles. The fourth-order valence-electron chi connectivity index (χ4n) is 2.70. The van der Waals surface area contributed by atoms with Gasteiger partial charge in [-0.1, -0.05) is 48.5 Å². The van der Waals surface area contributed by atoms with E-state index < -0.39 is 5.97 Å². The number of carbonyl (C=O) groups is 1. The molecule has 0 aliphatic carbocycles. The van der Waals surface area contributed by atoms with Gasteiger partial charge in [-0.05, 0) is 42.0 Å². The lowest BCUT2D eigenvalue weighted by molar-refractivity contribution is 0.0735. The lowest BCUT2D eigenvalue weighted by Crippen LogP contribution is -2.15. The first kappa shape index (κ1) is 19.7. The number of hydrogen-bond donors (Lipinski definition) is 2. The topological polar surface area (TPSA) is 109 Å². The standard InChI is InChI=1S/C23H17N5O3/c29-21-20(17-7-3-1-4-8-17)26-28-23(25-21)27-24-15-16-11-13-19(14-12-16)31-22(30)18-9-5-2-6-10-18/h1-15H,(H2,25,27,28,29)/b24-15+. The van der Waals surface area contributed by atoms with Crippen molar-refractivity contribution in [2.75, 3.05) is 5.43 Å². The molecular weight excluding hydrogens is 394 g/mol. The van der Waals surface area contributed by atoms with Crippen LogP contribution in [0.3, 0.4) is 0 Å². The summed E-state index contributed by atoms with van der Waals surface area (Å²) in [5.41, 5.74) is 4.41. The second kappa shape index (κ2) is 9.27. The van der Waals surface area contributed by atoms with E-state index in [0.717, 1.165) is 5.56 Å². The molecule has 0 bridgehead atoms. The molecule has 152 valence electrons. The van der Waals surface area contributed by atoms with Crippen molar-refractivity contribution in [3.63, 3.8) is 0 Å². The van der Waals surface area contributed by atoms with Crippen molar-refractivity contribution < 1.29 is 9.53 Å². The van der Waals surface area contributed by atoms with Gasteiger partial charge >= 0.3 is 5.97 Å². The van der Waals surface area contributed by atoms with Gasteiger partial charge in [0.05, 0.1) is 11.8 Å². The number of benzene rings is 3. The number of anilines is 1. The highest BCUT2D eigenvalue weighted by molar-refractivity contribution is 5.91. The molecule has 0 aliphatic heterocycles. The van der Waals surface area contributed by atoms with Crippen molar-refractivity contribution in [2.45, 2.75) is 0 Å². The van der Waals surface area contributed by atoms with Gasteiger partial charge in [0.2, 0.25) is 5.95 Å². The van der Waals surface area contributed by atoms with E-state index in [0.29, 0.717) is 16.9 Å². The summed E-state index contributed by atoms with van der Waals surface area (Å²) in [6.07, 6.45) is 1.54. The van der Waals surface area contributed by atoms with Gasteiger partial charge in [-0.25, -0.2) is 10.2 Å². The highest BCUT2D eigenvalue weighted by Crippen LogP contribution is 2.14. The van der Waals surface area contributed by atoms with Crippen LogP contribution in [0.4, 0.5) is 5.95 Å². The molecular formula is C23H17N5O3. The molecule has 1 heterocycles. The van der Waals surface area contributed by atoms with E-state index in [9.17, 15) is 9.59 Å². The van der Waals surface area contributed by atoms with Crippen LogP contribution in [-0.2, 0) is 0 Å². The van der Waals surface area contributed by atoms with Crippen LogP contribution in [0.25, 0.3) is 11.3 Å². The zero-order valence-electron chi connectivity index (χ0n) is 16.2. The molecule has 0 atom stereocenters. The first-order valence-electron chi connectivity index (χ1n) is 9.38. The molecule has 31 heavy (non-hydrogen) atoms. The van der Waals surface area contributed by atoms with E-state index in [-0.39, 0.29) is 17.2 Å². The predicted octanol–water partition coefficient (Wildman–Crippen LogP) is 3.50. The maximum Gasteiger partial charge on any atom is 0.343 e. The Kier molecular flexibility index (Phi) is 5.90. The van der Waals surface area contributed by atoms with Crippen LogP contribution in [-0.4, -0.2) is 27.4 Å². The van der Waals surface area contributed by atoms with Crippen LogP contribution in [0, 0.1) is 0 Å². The quantitative estimate of drug-likeness (QED) is 0.218. The van der Waals surface area contributed by atoms with Crippen molar-refractivity contribution in [3.05, 3.63) is 106 Å². The first-order chi connectivity index (χ1) is 15.2. The van der Waals surface area contributed by atoms with Gasteiger partial charge < -0.3 is 4.74 Å².